The lowest BCUT2D eigenvalue weighted by atomic mass is 9.55. The van der Waals surface area contributed by atoms with Crippen molar-refractivity contribution in [2.24, 2.45) is 15.6 Å². The molecular formula is C19H29N3O2. The van der Waals surface area contributed by atoms with Crippen molar-refractivity contribution < 1.29 is 9.53 Å². The molecule has 3 aliphatic rings. The Balaban J connectivity index is 1.48. The Labute approximate surface area is 145 Å². The summed E-state index contributed by atoms with van der Waals surface area (Å²) < 4.78 is 5.95. The summed E-state index contributed by atoms with van der Waals surface area (Å²) in [6.45, 7) is 2.81. The summed E-state index contributed by atoms with van der Waals surface area (Å²) in [5, 5.41) is 11.5. The summed E-state index contributed by atoms with van der Waals surface area (Å²) in [5.41, 5.74) is -0.181. The smallest absolute Gasteiger partial charge is 0.220 e. The van der Waals surface area contributed by atoms with Crippen LogP contribution >= 0.6 is 0 Å². The Morgan fingerprint density at radius 3 is 2.67 bits per heavy atom. The van der Waals surface area contributed by atoms with Gasteiger partial charge < -0.3 is 10.1 Å². The summed E-state index contributed by atoms with van der Waals surface area (Å²) in [7, 11) is 0. The molecule has 5 nitrogen and oxygen atoms in total. The molecule has 1 amide bonds. The number of amides is 1. The number of hydrogen-bond acceptors (Lipinski definition) is 4. The Morgan fingerprint density at radius 1 is 1.29 bits per heavy atom. The summed E-state index contributed by atoms with van der Waals surface area (Å²) in [6.07, 6.45) is 15.3. The van der Waals surface area contributed by atoms with Crippen LogP contribution in [0.25, 0.3) is 0 Å². The first-order chi connectivity index (χ1) is 11.6. The Bertz CT molecular complexity index is 525. The van der Waals surface area contributed by atoms with Crippen molar-refractivity contribution in [3.8, 4) is 12.3 Å². The molecule has 1 spiro atoms. The van der Waals surface area contributed by atoms with Crippen LogP contribution < -0.4 is 5.32 Å². The van der Waals surface area contributed by atoms with E-state index >= 15 is 0 Å². The Morgan fingerprint density at radius 2 is 2.04 bits per heavy atom. The van der Waals surface area contributed by atoms with Gasteiger partial charge in [-0.25, -0.2) is 0 Å². The lowest BCUT2D eigenvalue weighted by molar-refractivity contribution is -0.157. The van der Waals surface area contributed by atoms with Gasteiger partial charge in [-0.3, -0.25) is 4.79 Å². The SMILES string of the molecule is C#CCCC1(CCC(=O)NC2CC(OCC)C23CCCCC3)N=N1. The van der Waals surface area contributed by atoms with E-state index in [0.29, 0.717) is 25.4 Å². The highest BCUT2D eigenvalue weighted by Crippen LogP contribution is 2.53. The van der Waals surface area contributed by atoms with Crippen LogP contribution in [0.2, 0.25) is 0 Å². The van der Waals surface area contributed by atoms with Gasteiger partial charge in [-0.15, -0.1) is 12.3 Å². The van der Waals surface area contributed by atoms with Crippen molar-refractivity contribution in [1.82, 2.24) is 5.32 Å². The van der Waals surface area contributed by atoms with Crippen molar-refractivity contribution in [3.05, 3.63) is 0 Å². The van der Waals surface area contributed by atoms with Gasteiger partial charge in [0.2, 0.25) is 5.91 Å². The van der Waals surface area contributed by atoms with Crippen molar-refractivity contribution in [2.45, 2.75) is 88.9 Å². The molecule has 2 fully saturated rings. The molecule has 2 unspecified atom stereocenters. The van der Waals surface area contributed by atoms with Crippen molar-refractivity contribution in [2.75, 3.05) is 6.61 Å². The number of rotatable bonds is 8. The van der Waals surface area contributed by atoms with Gasteiger partial charge >= 0.3 is 0 Å². The largest absolute Gasteiger partial charge is 0.378 e. The standard InChI is InChI=1S/C19H29N3O2/c1-3-5-12-19(21-22-19)13-9-17(23)20-15-14-16(24-4-2)18(15)10-7-6-8-11-18/h1,15-16H,4-14H2,2H3,(H,20,23). The first kappa shape index (κ1) is 17.4. The lowest BCUT2D eigenvalue weighted by Crippen LogP contribution is -2.65. The highest BCUT2D eigenvalue weighted by molar-refractivity contribution is 5.76. The molecule has 0 aromatic heterocycles. The van der Waals surface area contributed by atoms with Gasteiger partial charge in [-0.05, 0) is 26.2 Å². The number of nitrogens with zero attached hydrogens (tertiary/aromatic N) is 2. The molecule has 24 heavy (non-hydrogen) atoms. The van der Waals surface area contributed by atoms with Gasteiger partial charge in [-0.1, -0.05) is 19.3 Å². The van der Waals surface area contributed by atoms with Crippen LogP contribution in [0.5, 0.6) is 0 Å². The third-order valence-electron chi connectivity index (χ3n) is 6.08. The topological polar surface area (TPSA) is 63.0 Å². The second-order valence-corrected chi connectivity index (χ2v) is 7.48. The maximum absolute atomic E-state index is 12.4. The average molecular weight is 331 g/mol. The molecule has 0 aromatic rings. The number of carbonyl (C=O) groups is 1. The number of carbonyl (C=O) groups excluding carboxylic acids is 1. The zero-order valence-corrected chi connectivity index (χ0v) is 14.7. The van der Waals surface area contributed by atoms with Crippen LogP contribution in [0.4, 0.5) is 0 Å². The summed E-state index contributed by atoms with van der Waals surface area (Å²) in [6, 6.07) is 0.275. The summed E-state index contributed by atoms with van der Waals surface area (Å²) >= 11 is 0. The van der Waals surface area contributed by atoms with E-state index in [2.05, 4.69) is 28.4 Å². The minimum Gasteiger partial charge on any atom is -0.378 e. The van der Waals surface area contributed by atoms with E-state index in [0.717, 1.165) is 19.4 Å². The number of nitrogens with one attached hydrogen (secondary N) is 1. The quantitative estimate of drug-likeness (QED) is 0.691. The van der Waals surface area contributed by atoms with E-state index in [9.17, 15) is 4.79 Å². The van der Waals surface area contributed by atoms with Crippen molar-refractivity contribution in [3.63, 3.8) is 0 Å². The van der Waals surface area contributed by atoms with Crippen molar-refractivity contribution >= 4 is 5.91 Å². The summed E-state index contributed by atoms with van der Waals surface area (Å²) in [4.78, 5) is 12.4. The fourth-order valence-electron chi connectivity index (χ4n) is 4.51. The molecule has 0 bridgehead atoms. The number of ether oxygens (including phenoxy) is 1. The third-order valence-corrected chi connectivity index (χ3v) is 6.08. The zero-order valence-electron chi connectivity index (χ0n) is 14.7. The molecule has 1 N–H and O–H groups in total. The second-order valence-electron chi connectivity index (χ2n) is 7.48. The lowest BCUT2D eigenvalue weighted by Gasteiger charge is -2.57. The molecule has 2 atom stereocenters. The van der Waals surface area contributed by atoms with E-state index in [-0.39, 0.29) is 23.0 Å². The predicted octanol–water partition coefficient (Wildman–Crippen LogP) is 3.59. The second kappa shape index (κ2) is 7.23. The van der Waals surface area contributed by atoms with E-state index in [4.69, 9.17) is 11.2 Å². The first-order valence-electron chi connectivity index (χ1n) is 9.43. The zero-order chi connectivity index (χ0) is 17.0. The normalized spacial score (nSPS) is 28.8. The predicted molar refractivity (Wildman–Crippen MR) is 92.4 cm³/mol. The molecule has 5 heteroatoms. The maximum Gasteiger partial charge on any atom is 0.220 e. The van der Waals surface area contributed by atoms with E-state index in [1.807, 2.05) is 0 Å². The minimum absolute atomic E-state index is 0.122. The van der Waals surface area contributed by atoms with Gasteiger partial charge in [0, 0.05) is 43.7 Å². The molecule has 0 saturated heterocycles. The highest BCUT2D eigenvalue weighted by Gasteiger charge is 2.56. The van der Waals surface area contributed by atoms with Gasteiger partial charge in [0.05, 0.1) is 6.10 Å². The van der Waals surface area contributed by atoms with E-state index in [1.165, 1.54) is 32.1 Å². The third kappa shape index (κ3) is 3.49. The van der Waals surface area contributed by atoms with E-state index in [1.54, 1.807) is 0 Å². The maximum atomic E-state index is 12.4. The van der Waals surface area contributed by atoms with Gasteiger partial charge in [0.1, 0.15) is 0 Å². The summed E-state index contributed by atoms with van der Waals surface area (Å²) in [5.74, 6) is 2.75. The molecule has 132 valence electrons. The van der Waals surface area contributed by atoms with Gasteiger partial charge in [0.15, 0.2) is 5.66 Å². The molecule has 0 aromatic carbocycles. The molecule has 1 heterocycles. The van der Waals surface area contributed by atoms with Crippen LogP contribution in [-0.4, -0.2) is 30.3 Å². The van der Waals surface area contributed by atoms with Crippen molar-refractivity contribution in [1.29, 1.82) is 0 Å². The van der Waals surface area contributed by atoms with Gasteiger partial charge in [-0.2, -0.15) is 10.2 Å². The number of terminal acetylenes is 1. The van der Waals surface area contributed by atoms with Gasteiger partial charge in [0.25, 0.3) is 0 Å². The van der Waals surface area contributed by atoms with Crippen LogP contribution in [0.3, 0.4) is 0 Å². The molecule has 2 saturated carbocycles. The fourth-order valence-corrected chi connectivity index (χ4v) is 4.51. The number of hydrogen-bond donors (Lipinski definition) is 1. The molecule has 1 aliphatic heterocycles. The van der Waals surface area contributed by atoms with E-state index < -0.39 is 0 Å². The molecule has 3 rings (SSSR count). The Hall–Kier alpha value is -1.41. The average Bonchev–Trinajstić information content (AvgIpc) is 3.38. The molecule has 2 aliphatic carbocycles. The highest BCUT2D eigenvalue weighted by atomic mass is 16.5. The van der Waals surface area contributed by atoms with Crippen LogP contribution in [0.1, 0.15) is 71.1 Å². The van der Waals surface area contributed by atoms with Crippen LogP contribution in [-0.2, 0) is 9.53 Å². The van der Waals surface area contributed by atoms with Crippen LogP contribution in [0.15, 0.2) is 10.2 Å². The molecular weight excluding hydrogens is 302 g/mol. The fraction of sp³-hybridized carbons (Fsp3) is 0.842. The Kier molecular flexibility index (Phi) is 5.24. The first-order valence-corrected chi connectivity index (χ1v) is 9.43. The van der Waals surface area contributed by atoms with Crippen LogP contribution in [0, 0.1) is 17.8 Å². The minimum atomic E-state index is -0.361. The molecule has 0 radical (unpaired) electrons. The monoisotopic (exact) mass is 331 g/mol.